The van der Waals surface area contributed by atoms with Crippen molar-refractivity contribution in [3.63, 3.8) is 0 Å². The van der Waals surface area contributed by atoms with E-state index in [0.717, 1.165) is 5.56 Å². The number of alkyl halides is 1. The summed E-state index contributed by atoms with van der Waals surface area (Å²) in [6.07, 6.45) is 0.0849. The Labute approximate surface area is 200 Å². The third-order valence-corrected chi connectivity index (χ3v) is 6.91. The minimum absolute atomic E-state index is 0.116. The Bertz CT molecular complexity index is 1320. The van der Waals surface area contributed by atoms with E-state index >= 15 is 4.39 Å². The Morgan fingerprint density at radius 3 is 2.59 bits per heavy atom. The number of piperidine rings is 1. The van der Waals surface area contributed by atoms with Gasteiger partial charge in [0.1, 0.15) is 43.2 Å². The minimum Gasteiger partial charge on any atom is -0.499 e. The molecule has 0 unspecified atom stereocenters. The summed E-state index contributed by atoms with van der Waals surface area (Å²) in [6, 6.07) is 8.49. The highest BCUT2D eigenvalue weighted by molar-refractivity contribution is 6.53. The molecule has 0 saturated carbocycles. The maximum atomic E-state index is 15.2. The van der Waals surface area contributed by atoms with Crippen LogP contribution >= 0.6 is 0 Å². The maximum Gasteiger partial charge on any atom is 0.274 e. The molecule has 34 heavy (non-hydrogen) atoms. The molecule has 2 aliphatic rings. The number of anilines is 1. The largest absolute Gasteiger partial charge is 0.499 e. The van der Waals surface area contributed by atoms with Gasteiger partial charge in [-0.05, 0) is 30.7 Å². The third kappa shape index (κ3) is 3.90. The van der Waals surface area contributed by atoms with Crippen LogP contribution in [0.1, 0.15) is 12.0 Å². The first kappa shape index (κ1) is 22.7. The maximum absolute atomic E-state index is 15.2. The number of ether oxygens (including phenoxy) is 3. The smallest absolute Gasteiger partial charge is 0.274 e. The lowest BCUT2D eigenvalue weighted by molar-refractivity contribution is 0.0587. The van der Waals surface area contributed by atoms with Gasteiger partial charge in [-0.2, -0.15) is 4.52 Å². The zero-order valence-electron chi connectivity index (χ0n) is 20.0. The van der Waals surface area contributed by atoms with E-state index in [4.69, 9.17) is 14.2 Å². The molecule has 1 saturated heterocycles. The molecule has 5 rings (SSSR count). The molecule has 2 aliphatic heterocycles. The van der Waals surface area contributed by atoms with Crippen LogP contribution in [0.2, 0.25) is 0 Å². The van der Waals surface area contributed by atoms with Crippen molar-refractivity contribution in [2.75, 3.05) is 18.0 Å². The summed E-state index contributed by atoms with van der Waals surface area (Å²) >= 11 is 0. The Morgan fingerprint density at radius 2 is 1.85 bits per heavy atom. The highest BCUT2D eigenvalue weighted by Gasteiger charge is 2.44. The number of rotatable bonds is 3. The summed E-state index contributed by atoms with van der Waals surface area (Å²) in [6.45, 7) is 2.55. The lowest BCUT2D eigenvalue weighted by Gasteiger charge is -2.47. The van der Waals surface area contributed by atoms with Crippen molar-refractivity contribution in [1.29, 1.82) is 0 Å². The van der Waals surface area contributed by atoms with Crippen molar-refractivity contribution in [2.24, 2.45) is 0 Å². The monoisotopic (exact) mass is 460 g/mol. The first-order valence-electron chi connectivity index (χ1n) is 11.5. The Kier molecular flexibility index (Phi) is 5.33. The summed E-state index contributed by atoms with van der Waals surface area (Å²) in [5.41, 5.74) is 1.03. The topological polar surface area (TPSA) is 78.2 Å². The summed E-state index contributed by atoms with van der Waals surface area (Å²) in [4.78, 5) is 18.2. The fourth-order valence-corrected chi connectivity index (χ4v) is 4.26. The number of hydrogen-bond donors (Lipinski definition) is 0. The molecule has 8 nitrogen and oxygen atoms in total. The van der Waals surface area contributed by atoms with Gasteiger partial charge in [-0.15, -0.1) is 5.10 Å². The average molecular weight is 460 g/mol. The predicted molar refractivity (Wildman–Crippen MR) is 137 cm³/mol. The fourth-order valence-electron chi connectivity index (χ4n) is 4.26. The van der Waals surface area contributed by atoms with E-state index in [0.29, 0.717) is 41.7 Å². The average Bonchev–Trinajstić information content (AvgIpc) is 2.75. The van der Waals surface area contributed by atoms with Gasteiger partial charge >= 0.3 is 0 Å². The molecule has 0 radical (unpaired) electrons. The van der Waals surface area contributed by atoms with Gasteiger partial charge in [0.05, 0.1) is 17.3 Å². The van der Waals surface area contributed by atoms with E-state index in [-0.39, 0.29) is 12.1 Å². The van der Waals surface area contributed by atoms with Crippen LogP contribution in [-0.4, -0.2) is 82.1 Å². The summed E-state index contributed by atoms with van der Waals surface area (Å²) in [5, 5.41) is 3.42. The second-order valence-electron chi connectivity index (χ2n) is 9.94. The first-order valence-corrected chi connectivity index (χ1v) is 11.5. The number of aryl methyl sites for hydroxylation is 1. The van der Waals surface area contributed by atoms with Crippen molar-refractivity contribution in [3.05, 3.63) is 52.4 Å². The van der Waals surface area contributed by atoms with E-state index in [1.165, 1.54) is 16.8 Å². The molecule has 0 N–H and O–H groups in total. The lowest BCUT2D eigenvalue weighted by atomic mass is 9.41. The van der Waals surface area contributed by atoms with Crippen molar-refractivity contribution in [3.8, 4) is 17.2 Å². The number of fused-ring (bicyclic) bond motifs is 2. The van der Waals surface area contributed by atoms with Crippen LogP contribution in [0.3, 0.4) is 0 Å². The zero-order valence-corrected chi connectivity index (χ0v) is 20.0. The van der Waals surface area contributed by atoms with Gasteiger partial charge in [-0.3, -0.25) is 4.79 Å². The standard InChI is InChI=1S/C21H25B4FN4O4/c1-11-8-17-27-6-4-18(31)30(17)28-19(11)29-7-5-14(13(26)10-29)32-12-2-3-15-16(9-12)34-21(24,25)20(22,23)33-15/h2-4,6,8-9,13-14H,5,7,10,22-25H2,1H3/t13-,14+/m0/s1. The SMILES string of the molecule is BC1(B)Oc2ccc(O[C@@H]3CCN(c4nn5c(=O)ccnc5cc4C)C[C@@H]3F)cc2OC1(B)B. The fraction of sp³-hybridized carbons (Fsp3) is 0.381. The zero-order chi connectivity index (χ0) is 24.3. The molecule has 0 aliphatic carbocycles. The molecule has 0 bridgehead atoms. The van der Waals surface area contributed by atoms with Crippen LogP contribution in [0.25, 0.3) is 5.65 Å². The molecular weight excluding hydrogens is 435 g/mol. The Hall–Kier alpha value is -3.10. The normalized spacial score (nSPS) is 22.9. The van der Waals surface area contributed by atoms with Crippen molar-refractivity contribution in [2.45, 2.75) is 36.4 Å². The van der Waals surface area contributed by atoms with Gasteiger partial charge in [-0.1, -0.05) is 0 Å². The third-order valence-electron chi connectivity index (χ3n) is 6.91. The van der Waals surface area contributed by atoms with Crippen LogP contribution in [-0.2, 0) is 0 Å². The van der Waals surface area contributed by atoms with Gasteiger partial charge in [-0.25, -0.2) is 9.37 Å². The molecule has 2 aromatic heterocycles. The number of aromatic nitrogens is 3. The molecule has 2 atom stereocenters. The van der Waals surface area contributed by atoms with Crippen molar-refractivity contribution < 1.29 is 18.6 Å². The molecule has 13 heteroatoms. The quantitative estimate of drug-likeness (QED) is 0.420. The van der Waals surface area contributed by atoms with E-state index in [2.05, 4.69) is 10.1 Å². The molecule has 4 heterocycles. The van der Waals surface area contributed by atoms with Gasteiger partial charge in [0.25, 0.3) is 5.56 Å². The lowest BCUT2D eigenvalue weighted by Crippen LogP contribution is -2.65. The molecule has 0 amide bonds. The first-order chi connectivity index (χ1) is 16.0. The number of halogens is 1. The van der Waals surface area contributed by atoms with Gasteiger partial charge in [0.2, 0.25) is 0 Å². The van der Waals surface area contributed by atoms with Crippen molar-refractivity contribution >= 4 is 42.9 Å². The second kappa shape index (κ2) is 7.99. The van der Waals surface area contributed by atoms with Crippen LogP contribution in [0.5, 0.6) is 17.2 Å². The number of nitrogens with zero attached hydrogens (tertiary/aromatic N) is 4. The van der Waals surface area contributed by atoms with E-state index in [1.54, 1.807) is 24.3 Å². The second-order valence-corrected chi connectivity index (χ2v) is 9.94. The molecule has 1 aromatic carbocycles. The minimum atomic E-state index is -1.24. The van der Waals surface area contributed by atoms with Gasteiger partial charge in [0.15, 0.2) is 29.1 Å². The Balaban J connectivity index is 1.31. The highest BCUT2D eigenvalue weighted by Crippen LogP contribution is 2.41. The molecular formula is C21H25B4FN4O4. The van der Waals surface area contributed by atoms with E-state index in [1.807, 2.05) is 43.2 Å². The molecule has 172 valence electrons. The summed E-state index contributed by atoms with van der Waals surface area (Å²) in [5.74, 6) is 2.35. The molecule has 0 spiro atoms. The van der Waals surface area contributed by atoms with Crippen LogP contribution in [0.4, 0.5) is 10.2 Å². The highest BCUT2D eigenvalue weighted by atomic mass is 19.1. The van der Waals surface area contributed by atoms with Gasteiger partial charge < -0.3 is 19.1 Å². The summed E-state index contributed by atoms with van der Waals surface area (Å²) < 4.78 is 34.8. The van der Waals surface area contributed by atoms with Crippen LogP contribution in [0.15, 0.2) is 41.3 Å². The van der Waals surface area contributed by atoms with Crippen LogP contribution < -0.4 is 24.7 Å². The molecule has 1 fully saturated rings. The van der Waals surface area contributed by atoms with E-state index in [9.17, 15) is 4.79 Å². The number of hydrogen-bond acceptors (Lipinski definition) is 7. The number of benzene rings is 1. The van der Waals surface area contributed by atoms with Gasteiger partial charge in [0, 0.05) is 31.3 Å². The van der Waals surface area contributed by atoms with E-state index < -0.39 is 23.1 Å². The predicted octanol–water partition coefficient (Wildman–Crippen LogP) is -2.00. The van der Waals surface area contributed by atoms with Crippen LogP contribution in [0, 0.1) is 6.92 Å². The Morgan fingerprint density at radius 1 is 1.12 bits per heavy atom. The van der Waals surface area contributed by atoms with Crippen molar-refractivity contribution in [1.82, 2.24) is 14.6 Å². The molecule has 3 aromatic rings. The summed E-state index contributed by atoms with van der Waals surface area (Å²) in [7, 11) is 7.93.